The molecule has 8 heteroatoms. The second-order valence-electron chi connectivity index (χ2n) is 6.11. The van der Waals surface area contributed by atoms with Crippen LogP contribution in [-0.2, 0) is 4.79 Å². The number of fused-ring (bicyclic) bond motifs is 1. The highest BCUT2D eigenvalue weighted by Gasteiger charge is 2.10. The Bertz CT molecular complexity index is 1010. The van der Waals surface area contributed by atoms with E-state index in [1.165, 1.54) is 6.20 Å². The average molecular weight is 399 g/mol. The predicted octanol–water partition coefficient (Wildman–Crippen LogP) is 3.21. The Kier molecular flexibility index (Phi) is 6.39. The molecule has 2 N–H and O–H groups in total. The summed E-state index contributed by atoms with van der Waals surface area (Å²) in [7, 11) is 0. The van der Waals surface area contributed by atoms with Crippen molar-refractivity contribution in [2.24, 2.45) is 0 Å². The van der Waals surface area contributed by atoms with Crippen LogP contribution < -0.4 is 15.6 Å². The van der Waals surface area contributed by atoms with Crippen molar-refractivity contribution < 1.29 is 14.3 Å². The van der Waals surface area contributed by atoms with E-state index in [1.54, 1.807) is 24.3 Å². The van der Waals surface area contributed by atoms with Gasteiger partial charge in [0.1, 0.15) is 11.4 Å². The van der Waals surface area contributed by atoms with Crippen molar-refractivity contribution in [2.45, 2.75) is 19.8 Å². The maximum absolute atomic E-state index is 12.1. The number of benzene rings is 2. The summed E-state index contributed by atoms with van der Waals surface area (Å²) >= 11 is 5.90. The number of nitrogens with one attached hydrogen (secondary N) is 2. The monoisotopic (exact) mass is 398 g/mol. The van der Waals surface area contributed by atoms with Crippen LogP contribution in [0.1, 0.15) is 28.9 Å². The van der Waals surface area contributed by atoms with Gasteiger partial charge in [-0.3, -0.25) is 25.4 Å². The van der Waals surface area contributed by atoms with Gasteiger partial charge in [-0.15, -0.1) is 0 Å². The molecule has 0 unspecified atom stereocenters. The summed E-state index contributed by atoms with van der Waals surface area (Å²) in [6, 6.07) is 12.6. The van der Waals surface area contributed by atoms with E-state index in [-0.39, 0.29) is 18.0 Å². The van der Waals surface area contributed by atoms with Crippen LogP contribution in [0.3, 0.4) is 0 Å². The third-order valence-corrected chi connectivity index (χ3v) is 4.17. The lowest BCUT2D eigenvalue weighted by Crippen LogP contribution is -2.42. The fourth-order valence-electron chi connectivity index (χ4n) is 2.51. The number of ether oxygens (including phenoxy) is 1. The van der Waals surface area contributed by atoms with Crippen molar-refractivity contribution in [2.75, 3.05) is 6.61 Å². The summed E-state index contributed by atoms with van der Waals surface area (Å²) in [6.07, 6.45) is 2.07. The van der Waals surface area contributed by atoms with E-state index in [9.17, 15) is 9.59 Å². The second-order valence-corrected chi connectivity index (χ2v) is 6.54. The molecular formula is C20H19ClN4O3. The van der Waals surface area contributed by atoms with Gasteiger partial charge >= 0.3 is 0 Å². The third kappa shape index (κ3) is 5.17. The minimum absolute atomic E-state index is 0.126. The number of para-hydroxylation sites is 2. The van der Waals surface area contributed by atoms with Gasteiger partial charge in [0.05, 0.1) is 23.8 Å². The molecule has 0 saturated heterocycles. The van der Waals surface area contributed by atoms with E-state index in [2.05, 4.69) is 20.8 Å². The number of nitrogens with zero attached hydrogens (tertiary/aromatic N) is 2. The van der Waals surface area contributed by atoms with Crippen LogP contribution in [0.4, 0.5) is 0 Å². The van der Waals surface area contributed by atoms with Crippen LogP contribution in [0.2, 0.25) is 5.02 Å². The molecule has 0 radical (unpaired) electrons. The van der Waals surface area contributed by atoms with Crippen molar-refractivity contribution >= 4 is 34.4 Å². The first-order valence-electron chi connectivity index (χ1n) is 8.73. The first-order chi connectivity index (χ1) is 13.5. The lowest BCUT2D eigenvalue weighted by Gasteiger charge is -2.10. The Morgan fingerprint density at radius 2 is 1.89 bits per heavy atom. The number of aromatic nitrogens is 2. The van der Waals surface area contributed by atoms with Gasteiger partial charge in [0, 0.05) is 11.4 Å². The molecule has 1 heterocycles. The zero-order chi connectivity index (χ0) is 19.9. The van der Waals surface area contributed by atoms with E-state index in [1.807, 2.05) is 25.1 Å². The number of hydrogen-bond donors (Lipinski definition) is 2. The highest BCUT2D eigenvalue weighted by molar-refractivity contribution is 6.30. The Labute approximate surface area is 167 Å². The fourth-order valence-corrected chi connectivity index (χ4v) is 2.74. The van der Waals surface area contributed by atoms with E-state index in [0.717, 1.165) is 11.3 Å². The minimum atomic E-state index is -0.528. The molecule has 2 aromatic carbocycles. The standard InChI is InChI=1S/C20H19ClN4O3/c1-13-11-14(21)8-9-18(13)28-10-4-7-19(26)24-25-20(27)17-12-22-15-5-2-3-6-16(15)23-17/h2-3,5-6,8-9,11-12H,4,7,10H2,1H3,(H,24,26)(H,25,27). The van der Waals surface area contributed by atoms with E-state index in [0.29, 0.717) is 29.1 Å². The van der Waals surface area contributed by atoms with E-state index < -0.39 is 5.91 Å². The zero-order valence-electron chi connectivity index (χ0n) is 15.2. The molecule has 0 aliphatic rings. The van der Waals surface area contributed by atoms with Gasteiger partial charge in [-0.25, -0.2) is 4.98 Å². The van der Waals surface area contributed by atoms with Gasteiger partial charge in [0.15, 0.2) is 0 Å². The highest BCUT2D eigenvalue weighted by Crippen LogP contribution is 2.21. The molecule has 0 atom stereocenters. The molecular weight excluding hydrogens is 380 g/mol. The zero-order valence-corrected chi connectivity index (χ0v) is 16.0. The largest absolute Gasteiger partial charge is 0.493 e. The predicted molar refractivity (Wildman–Crippen MR) is 106 cm³/mol. The number of carbonyl (C=O) groups excluding carboxylic acids is 2. The number of carbonyl (C=O) groups is 2. The van der Waals surface area contributed by atoms with E-state index >= 15 is 0 Å². The number of hydrazine groups is 1. The second kappa shape index (κ2) is 9.14. The fraction of sp³-hybridized carbons (Fsp3) is 0.200. The summed E-state index contributed by atoms with van der Waals surface area (Å²) in [5.41, 5.74) is 7.07. The molecule has 3 rings (SSSR count). The first-order valence-corrected chi connectivity index (χ1v) is 9.10. The van der Waals surface area contributed by atoms with E-state index in [4.69, 9.17) is 16.3 Å². The molecule has 0 bridgehead atoms. The normalized spacial score (nSPS) is 10.5. The molecule has 0 fully saturated rings. The van der Waals surface area contributed by atoms with Crippen LogP contribution >= 0.6 is 11.6 Å². The molecule has 1 aromatic heterocycles. The summed E-state index contributed by atoms with van der Waals surface area (Å²) in [5, 5.41) is 0.649. The van der Waals surface area contributed by atoms with Gasteiger partial charge in [-0.2, -0.15) is 0 Å². The van der Waals surface area contributed by atoms with Crippen LogP contribution in [0.25, 0.3) is 11.0 Å². The van der Waals surface area contributed by atoms with Crippen LogP contribution in [0.5, 0.6) is 5.75 Å². The van der Waals surface area contributed by atoms with Gasteiger partial charge in [0.2, 0.25) is 5.91 Å². The highest BCUT2D eigenvalue weighted by atomic mass is 35.5. The van der Waals surface area contributed by atoms with Gasteiger partial charge < -0.3 is 4.74 Å². The molecule has 2 amide bonds. The van der Waals surface area contributed by atoms with Gasteiger partial charge in [0.25, 0.3) is 5.91 Å². The van der Waals surface area contributed by atoms with Crippen molar-refractivity contribution in [1.29, 1.82) is 0 Å². The summed E-state index contributed by atoms with van der Waals surface area (Å²) in [5.74, 6) is -0.119. The number of aryl methyl sites for hydroxylation is 1. The van der Waals surface area contributed by atoms with Crippen molar-refractivity contribution in [3.63, 3.8) is 0 Å². The van der Waals surface area contributed by atoms with Gasteiger partial charge in [-0.1, -0.05) is 23.7 Å². The van der Waals surface area contributed by atoms with Crippen LogP contribution in [0.15, 0.2) is 48.7 Å². The molecule has 3 aromatic rings. The Balaban J connectivity index is 1.41. The summed E-state index contributed by atoms with van der Waals surface area (Å²) < 4.78 is 5.63. The van der Waals surface area contributed by atoms with Crippen molar-refractivity contribution in [3.8, 4) is 5.75 Å². The maximum Gasteiger partial charge on any atom is 0.289 e. The molecule has 144 valence electrons. The van der Waals surface area contributed by atoms with Crippen molar-refractivity contribution in [1.82, 2.24) is 20.8 Å². The molecule has 7 nitrogen and oxygen atoms in total. The minimum Gasteiger partial charge on any atom is -0.493 e. The Morgan fingerprint density at radius 3 is 2.68 bits per heavy atom. The number of rotatable bonds is 6. The van der Waals surface area contributed by atoms with Gasteiger partial charge in [-0.05, 0) is 49.2 Å². The van der Waals surface area contributed by atoms with Crippen LogP contribution in [0, 0.1) is 6.92 Å². The lowest BCUT2D eigenvalue weighted by atomic mass is 10.2. The maximum atomic E-state index is 12.1. The SMILES string of the molecule is Cc1cc(Cl)ccc1OCCCC(=O)NNC(=O)c1cnc2ccccc2n1. The third-order valence-electron chi connectivity index (χ3n) is 3.94. The van der Waals surface area contributed by atoms with Crippen molar-refractivity contribution in [3.05, 3.63) is 64.9 Å². The Morgan fingerprint density at radius 1 is 1.11 bits per heavy atom. The number of hydrogen-bond acceptors (Lipinski definition) is 5. The molecule has 0 aliphatic heterocycles. The number of amides is 2. The van der Waals surface area contributed by atoms with Crippen LogP contribution in [-0.4, -0.2) is 28.4 Å². The lowest BCUT2D eigenvalue weighted by molar-refractivity contribution is -0.122. The number of halogens is 1. The molecule has 28 heavy (non-hydrogen) atoms. The molecule has 0 saturated carbocycles. The topological polar surface area (TPSA) is 93.2 Å². The molecule has 0 spiro atoms. The quantitative estimate of drug-likeness (QED) is 0.491. The smallest absolute Gasteiger partial charge is 0.289 e. The average Bonchev–Trinajstić information content (AvgIpc) is 2.70. The first kappa shape index (κ1) is 19.6. The molecule has 0 aliphatic carbocycles. The summed E-state index contributed by atoms with van der Waals surface area (Å²) in [6.45, 7) is 2.28. The summed E-state index contributed by atoms with van der Waals surface area (Å²) in [4.78, 5) is 32.4. The Hall–Kier alpha value is -3.19.